The normalized spacial score (nSPS) is 18.4. The number of aliphatic hydroxyl groups excluding tert-OH is 1. The van der Waals surface area contributed by atoms with E-state index in [1.807, 2.05) is 18.2 Å². The van der Waals surface area contributed by atoms with Crippen molar-refractivity contribution in [1.29, 1.82) is 0 Å². The average molecular weight is 620 g/mol. The number of aromatic nitrogens is 3. The molecule has 0 saturated carbocycles. The minimum atomic E-state index is -4.46. The highest BCUT2D eigenvalue weighted by atomic mass is 32.2. The number of alkyl halides is 3. The van der Waals surface area contributed by atoms with Gasteiger partial charge in [0.25, 0.3) is 0 Å². The van der Waals surface area contributed by atoms with Gasteiger partial charge in [-0.2, -0.15) is 22.6 Å². The number of para-hydroxylation sites is 1. The van der Waals surface area contributed by atoms with Crippen molar-refractivity contribution in [2.45, 2.75) is 50.6 Å². The molecule has 1 fully saturated rings. The molecule has 0 amide bonds. The largest absolute Gasteiger partial charge is 0.416 e. The molecule has 4 aromatic rings. The molecule has 2 aromatic carbocycles. The van der Waals surface area contributed by atoms with Crippen LogP contribution < -0.4 is 0 Å². The zero-order valence-corrected chi connectivity index (χ0v) is 24.7. The van der Waals surface area contributed by atoms with Crippen LogP contribution >= 0.6 is 11.3 Å². The highest BCUT2D eigenvalue weighted by Crippen LogP contribution is 2.36. The van der Waals surface area contributed by atoms with E-state index in [2.05, 4.69) is 11.0 Å². The fourth-order valence-electron chi connectivity index (χ4n) is 5.93. The molecule has 224 valence electrons. The molecular formula is C29H32F3N5O3S2. The van der Waals surface area contributed by atoms with Gasteiger partial charge in [-0.3, -0.25) is 4.68 Å². The van der Waals surface area contributed by atoms with Crippen LogP contribution in [0.5, 0.6) is 0 Å². The smallest absolute Gasteiger partial charge is 0.390 e. The van der Waals surface area contributed by atoms with Crippen LogP contribution in [0.4, 0.5) is 13.2 Å². The van der Waals surface area contributed by atoms with E-state index in [4.69, 9.17) is 10.1 Å². The first kappa shape index (κ1) is 29.2. The first-order valence-electron chi connectivity index (χ1n) is 13.9. The van der Waals surface area contributed by atoms with Crippen molar-refractivity contribution >= 4 is 31.6 Å². The van der Waals surface area contributed by atoms with Crippen molar-refractivity contribution in [1.82, 2.24) is 24.0 Å². The minimum absolute atomic E-state index is 0.0832. The van der Waals surface area contributed by atoms with E-state index < -0.39 is 27.9 Å². The van der Waals surface area contributed by atoms with Crippen molar-refractivity contribution in [2.75, 3.05) is 32.4 Å². The number of hydrogen-bond acceptors (Lipinski definition) is 7. The third-order valence-corrected chi connectivity index (χ3v) is 10.6. The SMILES string of the molecule is CS(=O)(=O)N1CCc2c(c(-c3ccc(C(F)(F)F)cc3)nn2CC(O)CN2CCC(c3nc4ccccc4s3)CC2)C1. The molecule has 42 heavy (non-hydrogen) atoms. The van der Waals surface area contributed by atoms with Crippen LogP contribution in [-0.2, 0) is 35.7 Å². The Kier molecular flexibility index (Phi) is 7.90. The number of hydrogen-bond donors (Lipinski definition) is 1. The number of aliphatic hydroxyl groups is 1. The van der Waals surface area contributed by atoms with Crippen LogP contribution in [0.25, 0.3) is 21.5 Å². The Morgan fingerprint density at radius 2 is 1.76 bits per heavy atom. The molecule has 1 saturated heterocycles. The van der Waals surface area contributed by atoms with E-state index in [1.165, 1.54) is 26.1 Å². The molecule has 1 atom stereocenters. The number of fused-ring (bicyclic) bond motifs is 2. The summed E-state index contributed by atoms with van der Waals surface area (Å²) in [5.74, 6) is 0.401. The van der Waals surface area contributed by atoms with E-state index in [0.29, 0.717) is 35.7 Å². The molecule has 1 N–H and O–H groups in total. The molecule has 0 bridgehead atoms. The van der Waals surface area contributed by atoms with E-state index >= 15 is 0 Å². The van der Waals surface area contributed by atoms with Gasteiger partial charge >= 0.3 is 6.18 Å². The number of sulfonamides is 1. The van der Waals surface area contributed by atoms with Gasteiger partial charge in [0.2, 0.25) is 10.0 Å². The van der Waals surface area contributed by atoms with Gasteiger partial charge in [-0.1, -0.05) is 24.3 Å². The van der Waals surface area contributed by atoms with Crippen molar-refractivity contribution in [3.8, 4) is 11.3 Å². The summed E-state index contributed by atoms with van der Waals surface area (Å²) in [4.78, 5) is 7.07. The average Bonchev–Trinajstić information content (AvgIpc) is 3.54. The Morgan fingerprint density at radius 1 is 1.05 bits per heavy atom. The van der Waals surface area contributed by atoms with Gasteiger partial charge in [0, 0.05) is 48.8 Å². The Labute approximate surface area is 246 Å². The summed E-state index contributed by atoms with van der Waals surface area (Å²) in [5.41, 5.74) is 2.65. The fourth-order valence-corrected chi connectivity index (χ4v) is 7.85. The number of likely N-dealkylation sites (tertiary alicyclic amines) is 1. The molecule has 2 aromatic heterocycles. The molecule has 6 rings (SSSR count). The van der Waals surface area contributed by atoms with Gasteiger partial charge in [-0.15, -0.1) is 11.3 Å². The molecule has 2 aliphatic rings. The Morgan fingerprint density at radius 3 is 2.43 bits per heavy atom. The van der Waals surface area contributed by atoms with Crippen LogP contribution in [0.3, 0.4) is 0 Å². The van der Waals surface area contributed by atoms with Crippen LogP contribution in [-0.4, -0.2) is 76.0 Å². The Bertz CT molecular complexity index is 1640. The second kappa shape index (κ2) is 11.3. The maximum Gasteiger partial charge on any atom is 0.416 e. The number of rotatable bonds is 7. The van der Waals surface area contributed by atoms with Gasteiger partial charge in [0.15, 0.2) is 0 Å². The van der Waals surface area contributed by atoms with E-state index in [1.54, 1.807) is 16.0 Å². The Balaban J connectivity index is 1.16. The van der Waals surface area contributed by atoms with Crippen molar-refractivity contribution in [3.63, 3.8) is 0 Å². The molecule has 0 radical (unpaired) electrons. The van der Waals surface area contributed by atoms with Gasteiger partial charge in [0.1, 0.15) is 0 Å². The van der Waals surface area contributed by atoms with Gasteiger partial charge < -0.3 is 10.0 Å². The second-order valence-electron chi connectivity index (χ2n) is 11.1. The quantitative estimate of drug-likeness (QED) is 0.322. The van der Waals surface area contributed by atoms with Crippen LogP contribution in [0.2, 0.25) is 0 Å². The summed E-state index contributed by atoms with van der Waals surface area (Å²) in [5, 5.41) is 16.9. The van der Waals surface area contributed by atoms with Crippen molar-refractivity contribution in [2.24, 2.45) is 0 Å². The Hall–Kier alpha value is -2.84. The van der Waals surface area contributed by atoms with Gasteiger partial charge in [0.05, 0.1) is 45.4 Å². The third-order valence-electron chi connectivity index (χ3n) is 8.15. The molecule has 0 spiro atoms. The topological polar surface area (TPSA) is 91.6 Å². The van der Waals surface area contributed by atoms with Crippen LogP contribution in [0.1, 0.15) is 40.6 Å². The van der Waals surface area contributed by atoms with Gasteiger partial charge in [-0.05, 0) is 50.2 Å². The number of nitrogens with zero attached hydrogens (tertiary/aromatic N) is 5. The molecule has 8 nitrogen and oxygen atoms in total. The first-order chi connectivity index (χ1) is 20.0. The molecule has 0 aliphatic carbocycles. The molecular weight excluding hydrogens is 587 g/mol. The van der Waals surface area contributed by atoms with E-state index in [-0.39, 0.29) is 19.6 Å². The summed E-state index contributed by atoms with van der Waals surface area (Å²) in [6.45, 7) is 2.72. The standard InChI is InChI=1S/C29H32F3N5O3S2/c1-42(39,40)36-15-12-25-23(18-36)27(19-6-8-21(9-7-19)29(30,31)32)34-37(25)17-22(38)16-35-13-10-20(11-14-35)28-33-24-4-2-3-5-26(24)41-28/h2-9,20,22,38H,10-18H2,1H3. The van der Waals surface area contributed by atoms with Crippen LogP contribution in [0, 0.1) is 0 Å². The summed E-state index contributed by atoms with van der Waals surface area (Å²) in [6.07, 6.45) is -1.72. The highest BCUT2D eigenvalue weighted by Gasteiger charge is 2.33. The van der Waals surface area contributed by atoms with Crippen molar-refractivity contribution < 1.29 is 26.7 Å². The molecule has 2 aliphatic heterocycles. The lowest BCUT2D eigenvalue weighted by atomic mass is 9.97. The summed E-state index contributed by atoms with van der Waals surface area (Å²) >= 11 is 1.75. The molecule has 1 unspecified atom stereocenters. The van der Waals surface area contributed by atoms with E-state index in [9.17, 15) is 26.7 Å². The summed E-state index contributed by atoms with van der Waals surface area (Å²) in [6, 6.07) is 12.9. The molecule has 4 heterocycles. The minimum Gasteiger partial charge on any atom is -0.390 e. The fraction of sp³-hybridized carbons (Fsp3) is 0.448. The summed E-state index contributed by atoms with van der Waals surface area (Å²) < 4.78 is 68.3. The van der Waals surface area contributed by atoms with Crippen LogP contribution in [0.15, 0.2) is 48.5 Å². The summed E-state index contributed by atoms with van der Waals surface area (Å²) in [7, 11) is -3.47. The maximum absolute atomic E-state index is 13.1. The number of piperidine rings is 1. The van der Waals surface area contributed by atoms with Crippen molar-refractivity contribution in [3.05, 3.63) is 70.4 Å². The maximum atomic E-state index is 13.1. The zero-order chi connectivity index (χ0) is 29.6. The lowest BCUT2D eigenvalue weighted by Crippen LogP contribution is -2.40. The first-order valence-corrected chi connectivity index (χ1v) is 16.6. The lowest BCUT2D eigenvalue weighted by Gasteiger charge is -2.32. The molecule has 13 heteroatoms. The second-order valence-corrected chi connectivity index (χ2v) is 14.2. The predicted octanol–water partition coefficient (Wildman–Crippen LogP) is 4.74. The predicted molar refractivity (Wildman–Crippen MR) is 156 cm³/mol. The lowest BCUT2D eigenvalue weighted by molar-refractivity contribution is -0.137. The van der Waals surface area contributed by atoms with Gasteiger partial charge in [-0.25, -0.2) is 13.4 Å². The number of halogens is 3. The number of thiazole rings is 1. The monoisotopic (exact) mass is 619 g/mol. The van der Waals surface area contributed by atoms with E-state index in [0.717, 1.165) is 55.5 Å². The number of β-amino-alcohol motifs (C(OH)–C–C–N with tert-alkyl or cyclic N) is 1. The zero-order valence-electron chi connectivity index (χ0n) is 23.1. The third kappa shape index (κ3) is 6.11. The number of benzene rings is 2. The highest BCUT2D eigenvalue weighted by molar-refractivity contribution is 7.88.